The van der Waals surface area contributed by atoms with E-state index in [-0.39, 0.29) is 4.75 Å². The molecule has 2 aliphatic carbocycles. The van der Waals surface area contributed by atoms with Crippen molar-refractivity contribution in [2.24, 2.45) is 10.4 Å². The van der Waals surface area contributed by atoms with Gasteiger partial charge in [0.1, 0.15) is 0 Å². The first-order chi connectivity index (χ1) is 12.7. The molecule has 5 nitrogen and oxygen atoms in total. The van der Waals surface area contributed by atoms with Crippen molar-refractivity contribution >= 4 is 17.7 Å². The zero-order valence-electron chi connectivity index (χ0n) is 16.8. The molecular formula is C20H37N3O2S. The Bertz CT molecular complexity index is 474. The Labute approximate surface area is 163 Å². The molecule has 1 saturated heterocycles. The number of nitrogens with zero attached hydrogens (tertiary/aromatic N) is 1. The van der Waals surface area contributed by atoms with E-state index in [0.29, 0.717) is 17.6 Å². The Morgan fingerprint density at radius 2 is 1.92 bits per heavy atom. The molecule has 0 radical (unpaired) electrons. The van der Waals surface area contributed by atoms with Gasteiger partial charge in [-0.1, -0.05) is 12.8 Å². The van der Waals surface area contributed by atoms with Crippen LogP contribution in [0, 0.1) is 5.41 Å². The third-order valence-corrected chi connectivity index (χ3v) is 8.11. The van der Waals surface area contributed by atoms with Crippen LogP contribution in [0.25, 0.3) is 0 Å². The standard InChI is InChI=1S/C20H37N3O2S/c1-4-21-18(22-15-19(26-3)10-12-24-13-11-19)23-16-14-17(25-5-2)20(16)8-6-7-9-20/h16-17H,4-15H2,1-3H3,(H2,21,22,23). The predicted molar refractivity (Wildman–Crippen MR) is 110 cm³/mol. The van der Waals surface area contributed by atoms with Gasteiger partial charge in [0.2, 0.25) is 0 Å². The van der Waals surface area contributed by atoms with Crippen molar-refractivity contribution < 1.29 is 9.47 Å². The minimum Gasteiger partial charge on any atom is -0.381 e. The Morgan fingerprint density at radius 3 is 2.54 bits per heavy atom. The molecule has 3 fully saturated rings. The van der Waals surface area contributed by atoms with Gasteiger partial charge in [0.25, 0.3) is 0 Å². The molecule has 0 aromatic rings. The molecule has 26 heavy (non-hydrogen) atoms. The fraction of sp³-hybridized carbons (Fsp3) is 0.950. The van der Waals surface area contributed by atoms with Crippen LogP contribution < -0.4 is 10.6 Å². The smallest absolute Gasteiger partial charge is 0.191 e. The summed E-state index contributed by atoms with van der Waals surface area (Å²) in [6, 6.07) is 0.499. The highest BCUT2D eigenvalue weighted by Crippen LogP contribution is 2.54. The Hall–Kier alpha value is -0.460. The Kier molecular flexibility index (Phi) is 7.14. The summed E-state index contributed by atoms with van der Waals surface area (Å²) in [5.41, 5.74) is 0.335. The van der Waals surface area contributed by atoms with Gasteiger partial charge in [0.15, 0.2) is 5.96 Å². The molecule has 1 spiro atoms. The van der Waals surface area contributed by atoms with Crippen molar-refractivity contribution in [2.45, 2.75) is 75.7 Å². The van der Waals surface area contributed by atoms with Crippen LogP contribution in [-0.4, -0.2) is 62.0 Å². The number of ether oxygens (including phenoxy) is 2. The lowest BCUT2D eigenvalue weighted by Gasteiger charge is -2.54. The highest BCUT2D eigenvalue weighted by Gasteiger charge is 2.57. The second kappa shape index (κ2) is 9.16. The molecule has 0 aromatic heterocycles. The molecule has 0 amide bonds. The Balaban J connectivity index is 1.64. The van der Waals surface area contributed by atoms with Gasteiger partial charge in [0.05, 0.1) is 12.6 Å². The lowest BCUT2D eigenvalue weighted by molar-refractivity contribution is -0.125. The van der Waals surface area contributed by atoms with E-state index in [1.54, 1.807) is 0 Å². The number of guanidine groups is 1. The van der Waals surface area contributed by atoms with Gasteiger partial charge in [-0.2, -0.15) is 11.8 Å². The summed E-state index contributed by atoms with van der Waals surface area (Å²) >= 11 is 1.96. The van der Waals surface area contributed by atoms with Crippen molar-refractivity contribution in [3.8, 4) is 0 Å². The summed E-state index contributed by atoms with van der Waals surface area (Å²) in [6.07, 6.45) is 11.2. The van der Waals surface area contributed by atoms with Gasteiger partial charge in [-0.3, -0.25) is 4.99 Å². The fourth-order valence-corrected chi connectivity index (χ4v) is 5.74. The zero-order chi connectivity index (χ0) is 18.5. The maximum Gasteiger partial charge on any atom is 0.191 e. The molecular weight excluding hydrogens is 346 g/mol. The first-order valence-corrected chi connectivity index (χ1v) is 11.7. The number of hydrogen-bond donors (Lipinski definition) is 2. The van der Waals surface area contributed by atoms with Crippen LogP contribution in [-0.2, 0) is 9.47 Å². The minimum atomic E-state index is 0.235. The summed E-state index contributed by atoms with van der Waals surface area (Å²) in [4.78, 5) is 5.00. The summed E-state index contributed by atoms with van der Waals surface area (Å²) in [5, 5.41) is 7.25. The third kappa shape index (κ3) is 4.17. The number of hydrogen-bond acceptors (Lipinski definition) is 4. The summed E-state index contributed by atoms with van der Waals surface area (Å²) in [7, 11) is 0. The van der Waals surface area contributed by atoms with Crippen LogP contribution >= 0.6 is 11.8 Å². The second-order valence-corrected chi connectivity index (χ2v) is 9.29. The molecule has 1 heterocycles. The topological polar surface area (TPSA) is 54.9 Å². The maximum atomic E-state index is 6.06. The normalized spacial score (nSPS) is 30.2. The van der Waals surface area contributed by atoms with Crippen LogP contribution in [0.4, 0.5) is 0 Å². The van der Waals surface area contributed by atoms with Crippen LogP contribution in [0.2, 0.25) is 0 Å². The highest BCUT2D eigenvalue weighted by molar-refractivity contribution is 8.00. The van der Waals surface area contributed by atoms with E-state index in [4.69, 9.17) is 14.5 Å². The summed E-state index contributed by atoms with van der Waals surface area (Å²) in [5.74, 6) is 0.985. The predicted octanol–water partition coefficient (Wildman–Crippen LogP) is 3.19. The monoisotopic (exact) mass is 383 g/mol. The molecule has 6 heteroatoms. The molecule has 2 N–H and O–H groups in total. The summed E-state index contributed by atoms with van der Waals surface area (Å²) < 4.78 is 11.9. The minimum absolute atomic E-state index is 0.235. The van der Waals surface area contributed by atoms with Crippen LogP contribution in [0.3, 0.4) is 0 Å². The molecule has 150 valence electrons. The van der Waals surface area contributed by atoms with Crippen LogP contribution in [0.5, 0.6) is 0 Å². The summed E-state index contributed by atoms with van der Waals surface area (Å²) in [6.45, 7) is 8.57. The molecule has 1 aliphatic heterocycles. The van der Waals surface area contributed by atoms with E-state index in [0.717, 1.165) is 58.1 Å². The number of nitrogens with one attached hydrogen (secondary N) is 2. The van der Waals surface area contributed by atoms with E-state index in [2.05, 4.69) is 30.7 Å². The molecule has 3 aliphatic rings. The van der Waals surface area contributed by atoms with Gasteiger partial charge in [-0.05, 0) is 52.2 Å². The number of aliphatic imine (C=N–C) groups is 1. The van der Waals surface area contributed by atoms with Crippen molar-refractivity contribution in [2.75, 3.05) is 39.2 Å². The SMILES string of the molecule is CCNC(=NCC1(SC)CCOCC1)NC1CC(OCC)C12CCCC2. The maximum absolute atomic E-state index is 6.06. The average Bonchev–Trinajstić information content (AvgIpc) is 3.19. The van der Waals surface area contributed by atoms with Crippen molar-refractivity contribution in [3.05, 3.63) is 0 Å². The molecule has 0 bridgehead atoms. The third-order valence-electron chi connectivity index (χ3n) is 6.70. The lowest BCUT2D eigenvalue weighted by atomic mass is 9.60. The molecule has 2 unspecified atom stereocenters. The van der Waals surface area contributed by atoms with Gasteiger partial charge < -0.3 is 20.1 Å². The van der Waals surface area contributed by atoms with Gasteiger partial charge in [0, 0.05) is 42.6 Å². The van der Waals surface area contributed by atoms with Crippen molar-refractivity contribution in [3.63, 3.8) is 0 Å². The average molecular weight is 384 g/mol. The van der Waals surface area contributed by atoms with Crippen LogP contribution in [0.15, 0.2) is 4.99 Å². The quantitative estimate of drug-likeness (QED) is 0.522. The Morgan fingerprint density at radius 1 is 1.19 bits per heavy atom. The second-order valence-electron chi connectivity index (χ2n) is 8.01. The zero-order valence-corrected chi connectivity index (χ0v) is 17.6. The first kappa shape index (κ1) is 20.3. The van der Waals surface area contributed by atoms with Gasteiger partial charge in [-0.25, -0.2) is 0 Å². The first-order valence-electron chi connectivity index (χ1n) is 10.5. The molecule has 2 atom stereocenters. The highest BCUT2D eigenvalue weighted by atomic mass is 32.2. The largest absolute Gasteiger partial charge is 0.381 e. The van der Waals surface area contributed by atoms with Crippen LogP contribution in [0.1, 0.15) is 58.8 Å². The lowest BCUT2D eigenvalue weighted by Crippen LogP contribution is -2.65. The van der Waals surface area contributed by atoms with Gasteiger partial charge in [-0.15, -0.1) is 0 Å². The number of rotatable bonds is 7. The van der Waals surface area contributed by atoms with E-state index in [9.17, 15) is 0 Å². The molecule has 2 saturated carbocycles. The van der Waals surface area contributed by atoms with Crippen molar-refractivity contribution in [1.82, 2.24) is 10.6 Å². The fourth-order valence-electron chi connectivity index (χ4n) is 4.97. The number of thioether (sulfide) groups is 1. The molecule has 0 aromatic carbocycles. The van der Waals surface area contributed by atoms with E-state index in [1.165, 1.54) is 25.7 Å². The molecule has 3 rings (SSSR count). The van der Waals surface area contributed by atoms with E-state index in [1.807, 2.05) is 11.8 Å². The van der Waals surface area contributed by atoms with Gasteiger partial charge >= 0.3 is 0 Å². The van der Waals surface area contributed by atoms with Crippen molar-refractivity contribution in [1.29, 1.82) is 0 Å². The van der Waals surface area contributed by atoms with E-state index < -0.39 is 0 Å². The van der Waals surface area contributed by atoms with E-state index >= 15 is 0 Å².